The van der Waals surface area contributed by atoms with Gasteiger partial charge in [0.25, 0.3) is 0 Å². The lowest BCUT2D eigenvalue weighted by molar-refractivity contribution is -0.142. The number of hydrogen-bond acceptors (Lipinski definition) is 1. The van der Waals surface area contributed by atoms with Gasteiger partial charge in [-0.2, -0.15) is 26.3 Å². The molecule has 4 aromatic heterocycles. The first-order valence-corrected chi connectivity index (χ1v) is 29.2. The van der Waals surface area contributed by atoms with Crippen molar-refractivity contribution >= 4 is 65.4 Å². The van der Waals surface area contributed by atoms with Gasteiger partial charge in [0.2, 0.25) is 0 Å². The van der Waals surface area contributed by atoms with E-state index in [1.54, 1.807) is 18.2 Å². The number of fused-ring (bicyclic) bond motifs is 9. The van der Waals surface area contributed by atoms with Gasteiger partial charge >= 0.3 is 12.4 Å². The molecule has 4 nitrogen and oxygen atoms in total. The van der Waals surface area contributed by atoms with Crippen molar-refractivity contribution in [3.63, 3.8) is 0 Å². The van der Waals surface area contributed by atoms with Gasteiger partial charge in [-0.25, -0.2) is 4.98 Å². The molecule has 0 aliphatic carbocycles. The second-order valence-corrected chi connectivity index (χ2v) is 22.4. The fourth-order valence-electron chi connectivity index (χ4n) is 13.4. The van der Waals surface area contributed by atoms with Crippen LogP contribution in [0.1, 0.15) is 11.1 Å². The first kappa shape index (κ1) is 53.3. The molecular formula is C79H48F6N4. The van der Waals surface area contributed by atoms with Crippen molar-refractivity contribution in [2.45, 2.75) is 12.4 Å². The van der Waals surface area contributed by atoms with Crippen LogP contribution >= 0.6 is 0 Å². The molecule has 0 saturated carbocycles. The van der Waals surface area contributed by atoms with E-state index >= 15 is 13.2 Å². The fourth-order valence-corrected chi connectivity index (χ4v) is 13.4. The summed E-state index contributed by atoms with van der Waals surface area (Å²) in [5.41, 5.74) is 13.6. The number of halogens is 6. The Balaban J connectivity index is 1.08. The van der Waals surface area contributed by atoms with E-state index in [2.05, 4.69) is 208 Å². The normalized spacial score (nSPS) is 12.2. The third-order valence-electron chi connectivity index (χ3n) is 17.3. The van der Waals surface area contributed by atoms with Crippen LogP contribution in [0.25, 0.3) is 150 Å². The topological polar surface area (TPSA) is 27.7 Å². The molecule has 4 heterocycles. The van der Waals surface area contributed by atoms with E-state index in [-0.39, 0.29) is 17.2 Å². The highest BCUT2D eigenvalue weighted by atomic mass is 19.4. The van der Waals surface area contributed by atoms with Crippen molar-refractivity contribution in [2.24, 2.45) is 0 Å². The van der Waals surface area contributed by atoms with Crippen LogP contribution in [0.2, 0.25) is 0 Å². The minimum absolute atomic E-state index is 0.115. The number of alkyl halides is 6. The molecule has 12 aromatic carbocycles. The van der Waals surface area contributed by atoms with Crippen LogP contribution in [-0.4, -0.2) is 18.7 Å². The molecule has 0 N–H and O–H groups in total. The summed E-state index contributed by atoms with van der Waals surface area (Å²) in [5, 5.41) is 5.67. The summed E-state index contributed by atoms with van der Waals surface area (Å²) < 4.78 is 94.7. The van der Waals surface area contributed by atoms with Gasteiger partial charge in [-0.1, -0.05) is 200 Å². The van der Waals surface area contributed by atoms with Gasteiger partial charge in [0.05, 0.1) is 72.7 Å². The minimum Gasteiger partial charge on any atom is -0.309 e. The van der Waals surface area contributed by atoms with Crippen LogP contribution in [0.3, 0.4) is 0 Å². The van der Waals surface area contributed by atoms with Crippen molar-refractivity contribution in [1.29, 1.82) is 0 Å². The molecule has 0 radical (unpaired) electrons. The molecule has 0 aliphatic heterocycles. The first-order valence-electron chi connectivity index (χ1n) is 29.2. The second-order valence-electron chi connectivity index (χ2n) is 22.4. The van der Waals surface area contributed by atoms with Gasteiger partial charge in [0, 0.05) is 65.7 Å². The standard InChI is InChI=1S/C79H48F6N4/c80-78(81,82)54-40-41-55(66(48-54)79(83,84)85)51-39-42-76-63(43-51)60-29-11-20-38-75(60)89(76)77-64(61-30-12-18-36-73(61)87-69-32-14-7-25-56(69)57-26-8-15-33-70(57)87)44-53(68-47-52(49-21-3-1-4-22-49)46-67(86-68)50-23-5-2-6-24-50)45-65(77)62-31-13-19-37-74(62)88-71-34-16-9-27-58(71)59-28-10-17-35-72(59)88/h1-48H. The van der Waals surface area contributed by atoms with Gasteiger partial charge in [0.1, 0.15) is 0 Å². The second kappa shape index (κ2) is 20.7. The largest absolute Gasteiger partial charge is 0.417 e. The Morgan fingerprint density at radius 3 is 1.13 bits per heavy atom. The minimum atomic E-state index is -5.10. The maximum atomic E-state index is 15.1. The zero-order valence-corrected chi connectivity index (χ0v) is 47.3. The lowest BCUT2D eigenvalue weighted by Gasteiger charge is -2.24. The SMILES string of the molecule is FC(F)(F)c1ccc(-c2ccc3c(c2)c2ccccc2n3-c2c(-c3ccccc3-n3c4ccccc4c4ccccc43)cc(-c3cc(-c4ccccc4)cc(-c4ccccc4)n3)cc2-c2ccccc2-n2c3ccccc3c3ccccc32)c(C(F)(F)F)c1. The number of benzene rings is 12. The Kier molecular flexibility index (Phi) is 12.4. The molecule has 0 amide bonds. The Labute approximate surface area is 506 Å². The van der Waals surface area contributed by atoms with Gasteiger partial charge in [-0.05, 0) is 113 Å². The maximum absolute atomic E-state index is 15.1. The third kappa shape index (κ3) is 8.89. The Morgan fingerprint density at radius 1 is 0.247 bits per heavy atom. The fraction of sp³-hybridized carbons (Fsp3) is 0.0253. The zero-order chi connectivity index (χ0) is 60.1. The van der Waals surface area contributed by atoms with Gasteiger partial charge in [-0.3, -0.25) is 0 Å². The van der Waals surface area contributed by atoms with Crippen molar-refractivity contribution in [3.8, 4) is 84.1 Å². The van der Waals surface area contributed by atoms with Gasteiger partial charge in [-0.15, -0.1) is 0 Å². The molecule has 426 valence electrons. The van der Waals surface area contributed by atoms with Crippen LogP contribution in [0, 0.1) is 0 Å². The number of rotatable bonds is 9. The molecule has 89 heavy (non-hydrogen) atoms. The van der Waals surface area contributed by atoms with E-state index in [9.17, 15) is 13.2 Å². The highest BCUT2D eigenvalue weighted by molar-refractivity contribution is 6.14. The Hall–Kier alpha value is -11.2. The summed E-state index contributed by atoms with van der Waals surface area (Å²) in [4.78, 5) is 5.59. The first-order chi connectivity index (χ1) is 43.4. The van der Waals surface area contributed by atoms with Crippen molar-refractivity contribution in [2.75, 3.05) is 0 Å². The molecule has 0 bridgehead atoms. The summed E-state index contributed by atoms with van der Waals surface area (Å²) in [5.74, 6) is 0. The summed E-state index contributed by atoms with van der Waals surface area (Å²) in [7, 11) is 0. The molecule has 16 rings (SSSR count). The average Bonchev–Trinajstić information content (AvgIpc) is 1.71. The highest BCUT2D eigenvalue weighted by Crippen LogP contribution is 2.50. The number of para-hydroxylation sites is 7. The predicted molar refractivity (Wildman–Crippen MR) is 350 cm³/mol. The lowest BCUT2D eigenvalue weighted by atomic mass is 9.89. The van der Waals surface area contributed by atoms with Crippen molar-refractivity contribution in [3.05, 3.63) is 302 Å². The Morgan fingerprint density at radius 2 is 0.652 bits per heavy atom. The highest BCUT2D eigenvalue weighted by Gasteiger charge is 2.39. The molecule has 0 fully saturated rings. The number of aromatic nitrogens is 4. The molecule has 0 atom stereocenters. The average molecular weight is 1170 g/mol. The van der Waals surface area contributed by atoms with Gasteiger partial charge < -0.3 is 13.7 Å². The van der Waals surface area contributed by atoms with E-state index < -0.39 is 23.5 Å². The summed E-state index contributed by atoms with van der Waals surface area (Å²) in [6.45, 7) is 0. The van der Waals surface area contributed by atoms with Crippen LogP contribution in [-0.2, 0) is 12.4 Å². The number of pyridine rings is 1. The van der Waals surface area contributed by atoms with Crippen LogP contribution in [0.15, 0.2) is 291 Å². The summed E-state index contributed by atoms with van der Waals surface area (Å²) in [6, 6.07) is 94.4. The molecule has 0 aliphatic rings. The summed E-state index contributed by atoms with van der Waals surface area (Å²) in [6.07, 6.45) is -10.1. The van der Waals surface area contributed by atoms with E-state index in [1.807, 2.05) is 60.7 Å². The van der Waals surface area contributed by atoms with Crippen LogP contribution in [0.5, 0.6) is 0 Å². The molecule has 0 saturated heterocycles. The molecule has 0 spiro atoms. The molecule has 16 aromatic rings. The third-order valence-corrected chi connectivity index (χ3v) is 17.3. The van der Waals surface area contributed by atoms with E-state index in [0.717, 1.165) is 128 Å². The smallest absolute Gasteiger partial charge is 0.309 e. The Bertz CT molecular complexity index is 5130. The van der Waals surface area contributed by atoms with Crippen molar-refractivity contribution in [1.82, 2.24) is 18.7 Å². The predicted octanol–water partition coefficient (Wildman–Crippen LogP) is 22.4. The monoisotopic (exact) mass is 1170 g/mol. The molecular weight excluding hydrogens is 1120 g/mol. The van der Waals surface area contributed by atoms with Crippen LogP contribution in [0.4, 0.5) is 26.3 Å². The van der Waals surface area contributed by atoms with E-state index in [0.29, 0.717) is 22.7 Å². The van der Waals surface area contributed by atoms with Crippen molar-refractivity contribution < 1.29 is 26.3 Å². The van der Waals surface area contributed by atoms with E-state index in [1.165, 1.54) is 0 Å². The van der Waals surface area contributed by atoms with Gasteiger partial charge in [0.15, 0.2) is 0 Å². The number of hydrogen-bond donors (Lipinski definition) is 0. The summed E-state index contributed by atoms with van der Waals surface area (Å²) >= 11 is 0. The van der Waals surface area contributed by atoms with Crippen LogP contribution < -0.4 is 0 Å². The lowest BCUT2D eigenvalue weighted by Crippen LogP contribution is -2.12. The maximum Gasteiger partial charge on any atom is 0.417 e. The molecule has 10 heteroatoms. The zero-order valence-electron chi connectivity index (χ0n) is 47.3. The van der Waals surface area contributed by atoms with E-state index in [4.69, 9.17) is 4.98 Å². The molecule has 0 unspecified atom stereocenters. The number of nitrogens with zero attached hydrogens (tertiary/aromatic N) is 4. The quantitative estimate of drug-likeness (QED) is 0.132.